The number of hydrogen-bond donors (Lipinski definition) is 1. The van der Waals surface area contributed by atoms with Gasteiger partial charge in [0.1, 0.15) is 0 Å². The first-order valence-corrected chi connectivity index (χ1v) is 6.86. The molecule has 0 aliphatic heterocycles. The molecule has 1 aromatic rings. The van der Waals surface area contributed by atoms with Gasteiger partial charge in [0.15, 0.2) is 0 Å². The van der Waals surface area contributed by atoms with Crippen molar-refractivity contribution < 1.29 is 0 Å². The lowest BCUT2D eigenvalue weighted by Gasteiger charge is -2.25. The Hall–Kier alpha value is 0.0700. The molecular formula is C11H16Br2N2. The Labute approximate surface area is 108 Å². The van der Waals surface area contributed by atoms with Gasteiger partial charge < -0.3 is 5.32 Å². The van der Waals surface area contributed by atoms with Crippen LogP contribution in [0.4, 0.5) is 0 Å². The van der Waals surface area contributed by atoms with Gasteiger partial charge >= 0.3 is 0 Å². The van der Waals surface area contributed by atoms with Crippen LogP contribution in [0.3, 0.4) is 0 Å². The van der Waals surface area contributed by atoms with Crippen LogP contribution < -0.4 is 5.32 Å². The van der Waals surface area contributed by atoms with Crippen LogP contribution in [0.1, 0.15) is 26.0 Å². The van der Waals surface area contributed by atoms with Crippen molar-refractivity contribution in [3.8, 4) is 0 Å². The third-order valence-corrected chi connectivity index (χ3v) is 3.12. The molecule has 1 N–H and O–H groups in total. The Balaban J connectivity index is 2.46. The molecule has 2 nitrogen and oxygen atoms in total. The fourth-order valence-corrected chi connectivity index (χ4v) is 2.39. The summed E-state index contributed by atoms with van der Waals surface area (Å²) >= 11 is 6.83. The molecule has 1 aromatic heterocycles. The zero-order chi connectivity index (χ0) is 11.3. The van der Waals surface area contributed by atoms with Crippen molar-refractivity contribution in [3.05, 3.63) is 28.5 Å². The van der Waals surface area contributed by atoms with Gasteiger partial charge in [-0.2, -0.15) is 0 Å². The van der Waals surface area contributed by atoms with E-state index >= 15 is 0 Å². The first-order chi connectivity index (χ1) is 7.03. The van der Waals surface area contributed by atoms with Crippen molar-refractivity contribution in [2.75, 3.05) is 5.33 Å². The predicted molar refractivity (Wildman–Crippen MR) is 71.3 cm³/mol. The first-order valence-electron chi connectivity index (χ1n) is 4.95. The Kier molecular flexibility index (Phi) is 5.23. The van der Waals surface area contributed by atoms with Crippen molar-refractivity contribution in [3.63, 3.8) is 0 Å². The molecule has 1 rings (SSSR count). The number of alkyl halides is 1. The summed E-state index contributed by atoms with van der Waals surface area (Å²) in [6.45, 7) is 5.22. The highest BCUT2D eigenvalue weighted by Gasteiger charge is 2.15. The largest absolute Gasteiger partial charge is 0.306 e. The quantitative estimate of drug-likeness (QED) is 0.833. The minimum Gasteiger partial charge on any atom is -0.306 e. The molecule has 4 heteroatoms. The molecule has 0 atom stereocenters. The smallest absolute Gasteiger partial charge is 0.0542 e. The van der Waals surface area contributed by atoms with Gasteiger partial charge in [-0.15, -0.1) is 0 Å². The number of pyridine rings is 1. The summed E-state index contributed by atoms with van der Waals surface area (Å²) in [5, 5.41) is 4.50. The summed E-state index contributed by atoms with van der Waals surface area (Å²) in [4.78, 5) is 4.32. The number of nitrogens with zero attached hydrogens (tertiary/aromatic N) is 1. The molecule has 0 aliphatic carbocycles. The van der Waals surface area contributed by atoms with Gasteiger partial charge in [-0.25, -0.2) is 0 Å². The van der Waals surface area contributed by atoms with Crippen molar-refractivity contribution in [1.29, 1.82) is 0 Å². The minimum atomic E-state index is 0.151. The van der Waals surface area contributed by atoms with E-state index < -0.39 is 0 Å². The second kappa shape index (κ2) is 5.97. The van der Waals surface area contributed by atoms with E-state index in [9.17, 15) is 0 Å². The second-order valence-electron chi connectivity index (χ2n) is 4.14. The van der Waals surface area contributed by atoms with Gasteiger partial charge in [-0.1, -0.05) is 15.9 Å². The van der Waals surface area contributed by atoms with Crippen LogP contribution >= 0.6 is 31.9 Å². The summed E-state index contributed by atoms with van der Waals surface area (Å²) in [6.07, 6.45) is 2.93. The predicted octanol–water partition coefficient (Wildman–Crippen LogP) is 3.50. The highest BCUT2D eigenvalue weighted by Crippen LogP contribution is 2.12. The lowest BCUT2D eigenvalue weighted by Crippen LogP contribution is -2.39. The standard InChI is InChI=1S/C11H16Br2N2/c1-11(2,5-6-12)15-8-10-4-3-9(13)7-14-10/h3-4,7,15H,5-6,8H2,1-2H3. The number of halogens is 2. The molecule has 0 saturated carbocycles. The van der Waals surface area contributed by atoms with Gasteiger partial charge in [0.25, 0.3) is 0 Å². The van der Waals surface area contributed by atoms with E-state index in [4.69, 9.17) is 0 Å². The molecule has 0 radical (unpaired) electrons. The van der Waals surface area contributed by atoms with Crippen LogP contribution in [0.5, 0.6) is 0 Å². The molecule has 0 aromatic carbocycles. The number of hydrogen-bond acceptors (Lipinski definition) is 2. The van der Waals surface area contributed by atoms with Gasteiger partial charge in [0, 0.05) is 28.1 Å². The molecule has 0 unspecified atom stereocenters. The van der Waals surface area contributed by atoms with E-state index in [0.717, 1.165) is 28.5 Å². The Morgan fingerprint density at radius 1 is 1.40 bits per heavy atom. The third-order valence-electron chi connectivity index (χ3n) is 2.26. The summed E-state index contributed by atoms with van der Waals surface area (Å²) in [5.74, 6) is 0. The fraction of sp³-hybridized carbons (Fsp3) is 0.545. The number of aromatic nitrogens is 1. The second-order valence-corrected chi connectivity index (χ2v) is 5.85. The van der Waals surface area contributed by atoms with Crippen LogP contribution in [0.25, 0.3) is 0 Å². The summed E-state index contributed by atoms with van der Waals surface area (Å²) in [6, 6.07) is 4.04. The van der Waals surface area contributed by atoms with Crippen LogP contribution in [0.2, 0.25) is 0 Å². The van der Waals surface area contributed by atoms with E-state index in [-0.39, 0.29) is 5.54 Å². The maximum atomic E-state index is 4.32. The van der Waals surface area contributed by atoms with Crippen molar-refractivity contribution in [1.82, 2.24) is 10.3 Å². The van der Waals surface area contributed by atoms with Gasteiger partial charge in [0.2, 0.25) is 0 Å². The normalized spacial score (nSPS) is 11.7. The average molecular weight is 336 g/mol. The molecule has 0 aliphatic rings. The topological polar surface area (TPSA) is 24.9 Å². The van der Waals surface area contributed by atoms with Crippen LogP contribution in [0, 0.1) is 0 Å². The minimum absolute atomic E-state index is 0.151. The third kappa shape index (κ3) is 5.09. The molecule has 15 heavy (non-hydrogen) atoms. The van der Waals surface area contributed by atoms with E-state index in [1.165, 1.54) is 0 Å². The Morgan fingerprint density at radius 2 is 2.13 bits per heavy atom. The number of rotatable bonds is 5. The Morgan fingerprint density at radius 3 is 2.67 bits per heavy atom. The number of nitrogens with one attached hydrogen (secondary N) is 1. The van der Waals surface area contributed by atoms with Gasteiger partial charge in [0.05, 0.1) is 5.69 Å². The molecular weight excluding hydrogens is 320 g/mol. The molecule has 0 fully saturated rings. The van der Waals surface area contributed by atoms with E-state index in [0.29, 0.717) is 0 Å². The molecule has 84 valence electrons. The van der Waals surface area contributed by atoms with Gasteiger partial charge in [-0.05, 0) is 48.3 Å². The highest BCUT2D eigenvalue weighted by molar-refractivity contribution is 9.10. The summed E-state index contributed by atoms with van der Waals surface area (Å²) in [5.41, 5.74) is 1.22. The monoisotopic (exact) mass is 334 g/mol. The van der Waals surface area contributed by atoms with Crippen molar-refractivity contribution in [2.24, 2.45) is 0 Å². The summed E-state index contributed by atoms with van der Waals surface area (Å²) < 4.78 is 1.02. The molecule has 1 heterocycles. The highest BCUT2D eigenvalue weighted by atomic mass is 79.9. The van der Waals surface area contributed by atoms with Crippen LogP contribution in [-0.4, -0.2) is 15.9 Å². The maximum Gasteiger partial charge on any atom is 0.0542 e. The SMILES string of the molecule is CC(C)(CCBr)NCc1ccc(Br)cn1. The fourth-order valence-electron chi connectivity index (χ4n) is 1.17. The molecule has 0 amide bonds. The molecule has 0 bridgehead atoms. The molecule has 0 saturated heterocycles. The van der Waals surface area contributed by atoms with E-state index in [1.54, 1.807) is 0 Å². The first kappa shape index (κ1) is 13.1. The zero-order valence-electron chi connectivity index (χ0n) is 9.06. The Bertz CT molecular complexity index is 296. The maximum absolute atomic E-state index is 4.32. The zero-order valence-corrected chi connectivity index (χ0v) is 12.2. The van der Waals surface area contributed by atoms with Crippen molar-refractivity contribution in [2.45, 2.75) is 32.4 Å². The summed E-state index contributed by atoms with van der Waals surface area (Å²) in [7, 11) is 0. The van der Waals surface area contributed by atoms with Crippen LogP contribution in [-0.2, 0) is 6.54 Å². The van der Waals surface area contributed by atoms with Crippen LogP contribution in [0.15, 0.2) is 22.8 Å². The lowest BCUT2D eigenvalue weighted by molar-refractivity contribution is 0.376. The van der Waals surface area contributed by atoms with Gasteiger partial charge in [-0.3, -0.25) is 4.98 Å². The van der Waals surface area contributed by atoms with Crippen molar-refractivity contribution >= 4 is 31.9 Å². The van der Waals surface area contributed by atoms with E-state index in [1.807, 2.05) is 18.3 Å². The molecule has 0 spiro atoms. The van der Waals surface area contributed by atoms with E-state index in [2.05, 4.69) is 56.0 Å². The average Bonchev–Trinajstić information content (AvgIpc) is 2.17. The lowest BCUT2D eigenvalue weighted by atomic mass is 10.0.